The van der Waals surface area contributed by atoms with Gasteiger partial charge in [-0.15, -0.1) is 0 Å². The zero-order valence-corrected chi connectivity index (χ0v) is 18.1. The number of nitrogens with one attached hydrogen (secondary N) is 1. The molecule has 1 N–H and O–H groups in total. The molecule has 7 nitrogen and oxygen atoms in total. The summed E-state index contributed by atoms with van der Waals surface area (Å²) < 4.78 is 76.7. The number of hydrogen-bond acceptors (Lipinski definition) is 5. The van der Waals surface area contributed by atoms with Crippen LogP contribution in [0, 0.1) is 0 Å². The molecule has 0 saturated carbocycles. The van der Waals surface area contributed by atoms with Crippen molar-refractivity contribution in [3.63, 3.8) is 0 Å². The van der Waals surface area contributed by atoms with Crippen LogP contribution in [0.2, 0.25) is 0 Å². The van der Waals surface area contributed by atoms with Crippen LogP contribution in [-0.2, 0) is 19.4 Å². The fraction of sp³-hybridized carbons (Fsp3) is 0.545. The second kappa shape index (κ2) is 8.40. The maximum absolute atomic E-state index is 13.0. The molecule has 2 aromatic rings. The van der Waals surface area contributed by atoms with Crippen molar-refractivity contribution in [2.45, 2.75) is 50.1 Å². The predicted molar refractivity (Wildman–Crippen MR) is 109 cm³/mol. The summed E-state index contributed by atoms with van der Waals surface area (Å²) in [5.41, 5.74) is 1.86. The molecule has 3 aliphatic rings. The lowest BCUT2D eigenvalue weighted by molar-refractivity contribution is -0.203. The molecule has 0 bridgehead atoms. The van der Waals surface area contributed by atoms with E-state index in [0.29, 0.717) is 25.1 Å². The summed E-state index contributed by atoms with van der Waals surface area (Å²) in [4.78, 5) is 14.4. The van der Waals surface area contributed by atoms with Crippen LogP contribution in [0.4, 0.5) is 22.0 Å². The fourth-order valence-electron chi connectivity index (χ4n) is 4.45. The van der Waals surface area contributed by atoms with Gasteiger partial charge in [-0.05, 0) is 30.0 Å². The molecular weight excluding hydrogens is 463 g/mol. The van der Waals surface area contributed by atoms with E-state index in [1.807, 2.05) is 18.2 Å². The van der Waals surface area contributed by atoms with Gasteiger partial charge in [0.2, 0.25) is 5.88 Å². The molecule has 1 unspecified atom stereocenters. The highest BCUT2D eigenvalue weighted by atomic mass is 19.4. The van der Waals surface area contributed by atoms with E-state index in [4.69, 9.17) is 9.47 Å². The third-order valence-corrected chi connectivity index (χ3v) is 6.20. The van der Waals surface area contributed by atoms with E-state index in [2.05, 4.69) is 10.4 Å². The second-order valence-corrected chi connectivity index (χ2v) is 8.97. The highest BCUT2D eigenvalue weighted by molar-refractivity contribution is 5.92. The van der Waals surface area contributed by atoms with Crippen molar-refractivity contribution in [2.75, 3.05) is 26.2 Å². The van der Waals surface area contributed by atoms with Crippen LogP contribution in [-0.4, -0.2) is 71.1 Å². The Kier molecular flexibility index (Phi) is 5.65. The molecule has 1 fully saturated rings. The standard InChI is InChI=1S/C22H23F5N4O3/c23-21(24)11-30(12-21)5-3-13-1-2-17-14(7-13)8-15(10-33-17)28-20(32)16-9-19-31(29-16)6-4-18(34-19)22(25,26)27/h1-2,7,9,15,18H,3-6,8,10-12H2,(H,28,32)/t15-,18?/m1/s1. The molecule has 1 aromatic carbocycles. The van der Waals surface area contributed by atoms with E-state index in [1.165, 1.54) is 10.7 Å². The number of nitrogens with zero attached hydrogens (tertiary/aromatic N) is 3. The summed E-state index contributed by atoms with van der Waals surface area (Å²) in [5.74, 6) is -2.50. The Morgan fingerprint density at radius 3 is 2.76 bits per heavy atom. The number of likely N-dealkylation sites (tertiary alicyclic amines) is 1. The average molecular weight is 486 g/mol. The lowest BCUT2D eigenvalue weighted by Gasteiger charge is -2.38. The van der Waals surface area contributed by atoms with Crippen LogP contribution < -0.4 is 14.8 Å². The summed E-state index contributed by atoms with van der Waals surface area (Å²) in [6, 6.07) is 6.55. The number of carbonyl (C=O) groups is 1. The molecular formula is C22H23F5N4O3. The maximum atomic E-state index is 13.0. The van der Waals surface area contributed by atoms with Gasteiger partial charge in [-0.1, -0.05) is 12.1 Å². The quantitative estimate of drug-likeness (QED) is 0.659. The van der Waals surface area contributed by atoms with E-state index in [1.54, 1.807) is 4.90 Å². The van der Waals surface area contributed by atoms with Gasteiger partial charge < -0.3 is 14.8 Å². The van der Waals surface area contributed by atoms with E-state index in [0.717, 1.165) is 11.1 Å². The van der Waals surface area contributed by atoms with Crippen molar-refractivity contribution in [3.8, 4) is 11.6 Å². The molecule has 184 valence electrons. The molecule has 0 spiro atoms. The number of hydrogen-bond donors (Lipinski definition) is 1. The zero-order chi connectivity index (χ0) is 24.1. The minimum absolute atomic E-state index is 0.00452. The Hall–Kier alpha value is -2.89. The Morgan fingerprint density at radius 1 is 1.24 bits per heavy atom. The number of amides is 1. The Labute approximate surface area is 191 Å². The van der Waals surface area contributed by atoms with Crippen LogP contribution in [0.15, 0.2) is 24.3 Å². The van der Waals surface area contributed by atoms with E-state index < -0.39 is 24.1 Å². The van der Waals surface area contributed by atoms with E-state index in [9.17, 15) is 26.7 Å². The summed E-state index contributed by atoms with van der Waals surface area (Å²) in [5, 5.41) is 6.88. The number of fused-ring (bicyclic) bond motifs is 2. The molecule has 1 aromatic heterocycles. The number of benzene rings is 1. The van der Waals surface area contributed by atoms with Gasteiger partial charge in [0.25, 0.3) is 11.8 Å². The highest BCUT2D eigenvalue weighted by Gasteiger charge is 2.44. The van der Waals surface area contributed by atoms with Gasteiger partial charge in [0, 0.05) is 25.6 Å². The fourth-order valence-corrected chi connectivity index (χ4v) is 4.45. The van der Waals surface area contributed by atoms with Crippen molar-refractivity contribution in [1.29, 1.82) is 0 Å². The molecule has 12 heteroatoms. The van der Waals surface area contributed by atoms with E-state index >= 15 is 0 Å². The Morgan fingerprint density at radius 2 is 2.03 bits per heavy atom. The Bertz CT molecular complexity index is 1080. The van der Waals surface area contributed by atoms with Crippen LogP contribution in [0.3, 0.4) is 0 Å². The van der Waals surface area contributed by atoms with Crippen molar-refractivity contribution in [1.82, 2.24) is 20.0 Å². The maximum Gasteiger partial charge on any atom is 0.425 e. The first-order chi connectivity index (χ1) is 16.1. The van der Waals surface area contributed by atoms with Crippen molar-refractivity contribution in [2.24, 2.45) is 0 Å². The minimum Gasteiger partial charge on any atom is -0.491 e. The van der Waals surface area contributed by atoms with E-state index in [-0.39, 0.29) is 50.3 Å². The molecule has 2 atom stereocenters. The number of halogens is 5. The summed E-state index contributed by atoms with van der Waals surface area (Å²) in [6.45, 7) is 0.354. The van der Waals surface area contributed by atoms with Gasteiger partial charge in [-0.2, -0.15) is 18.3 Å². The van der Waals surface area contributed by atoms with Crippen LogP contribution in [0.1, 0.15) is 28.0 Å². The number of aromatic nitrogens is 2. The van der Waals surface area contributed by atoms with Gasteiger partial charge in [0.15, 0.2) is 11.8 Å². The van der Waals surface area contributed by atoms with Gasteiger partial charge in [0.1, 0.15) is 12.4 Å². The van der Waals surface area contributed by atoms with Crippen LogP contribution >= 0.6 is 0 Å². The zero-order valence-electron chi connectivity index (χ0n) is 18.1. The lowest BCUT2D eigenvalue weighted by atomic mass is 9.98. The number of carbonyl (C=O) groups excluding carboxylic acids is 1. The van der Waals surface area contributed by atoms with Crippen LogP contribution in [0.5, 0.6) is 11.6 Å². The van der Waals surface area contributed by atoms with Crippen molar-refractivity contribution < 1.29 is 36.2 Å². The first-order valence-corrected chi connectivity index (χ1v) is 11.0. The van der Waals surface area contributed by atoms with Gasteiger partial charge in [-0.3, -0.25) is 9.69 Å². The Balaban J connectivity index is 1.18. The number of alkyl halides is 5. The normalized spacial score (nSPS) is 23.7. The first-order valence-electron chi connectivity index (χ1n) is 11.0. The van der Waals surface area contributed by atoms with Crippen LogP contribution in [0.25, 0.3) is 0 Å². The lowest BCUT2D eigenvalue weighted by Crippen LogP contribution is -2.56. The summed E-state index contributed by atoms with van der Waals surface area (Å²) >= 11 is 0. The molecule has 0 aliphatic carbocycles. The highest BCUT2D eigenvalue weighted by Crippen LogP contribution is 2.32. The second-order valence-electron chi connectivity index (χ2n) is 8.97. The molecule has 3 aliphatic heterocycles. The van der Waals surface area contributed by atoms with Gasteiger partial charge >= 0.3 is 6.18 Å². The number of ether oxygens (including phenoxy) is 2. The number of rotatable bonds is 5. The number of aryl methyl sites for hydroxylation is 1. The smallest absolute Gasteiger partial charge is 0.425 e. The van der Waals surface area contributed by atoms with Crippen molar-refractivity contribution in [3.05, 3.63) is 41.1 Å². The topological polar surface area (TPSA) is 68.6 Å². The molecule has 4 heterocycles. The minimum atomic E-state index is -4.48. The third-order valence-electron chi connectivity index (χ3n) is 6.20. The molecule has 5 rings (SSSR count). The molecule has 1 amide bonds. The molecule has 1 saturated heterocycles. The monoisotopic (exact) mass is 486 g/mol. The van der Waals surface area contributed by atoms with Gasteiger partial charge in [-0.25, -0.2) is 13.5 Å². The molecule has 0 radical (unpaired) electrons. The summed E-state index contributed by atoms with van der Waals surface area (Å²) in [7, 11) is 0. The first kappa shape index (κ1) is 22.9. The van der Waals surface area contributed by atoms with Gasteiger partial charge in [0.05, 0.1) is 19.1 Å². The van der Waals surface area contributed by atoms with Crippen molar-refractivity contribution >= 4 is 5.91 Å². The predicted octanol–water partition coefficient (Wildman–Crippen LogP) is 2.82. The third kappa shape index (κ3) is 4.82. The SMILES string of the molecule is O=C(N[C@H]1COc2ccc(CCN3CC(F)(F)C3)cc2C1)c1cc2n(n1)CCC(C(F)(F)F)O2. The molecule has 34 heavy (non-hydrogen) atoms. The summed E-state index contributed by atoms with van der Waals surface area (Å²) in [6.07, 6.45) is -5.54. The average Bonchev–Trinajstić information content (AvgIpc) is 3.19. The largest absolute Gasteiger partial charge is 0.491 e.